The van der Waals surface area contributed by atoms with Crippen LogP contribution >= 0.6 is 0 Å². The molecule has 0 heterocycles. The van der Waals surface area contributed by atoms with Crippen LogP contribution < -0.4 is 10.6 Å². The van der Waals surface area contributed by atoms with Gasteiger partial charge in [-0.1, -0.05) is 0 Å². The predicted molar refractivity (Wildman–Crippen MR) is 39.7 cm³/mol. The van der Waals surface area contributed by atoms with Gasteiger partial charge in [-0.2, -0.15) is 0 Å². The SMILES string of the molecule is O=C(O)NCCC(=O)NCC(F)F. The highest BCUT2D eigenvalue weighted by atomic mass is 19.3. The molecule has 7 heteroatoms. The maximum absolute atomic E-state index is 11.5. The molecule has 2 amide bonds. The Morgan fingerprint density at radius 3 is 2.38 bits per heavy atom. The molecular formula is C6H10F2N2O3. The quantitative estimate of drug-likeness (QED) is 0.580. The van der Waals surface area contributed by atoms with E-state index < -0.39 is 25.0 Å². The summed E-state index contributed by atoms with van der Waals surface area (Å²) in [6, 6.07) is 0. The molecule has 0 aromatic heterocycles. The minimum Gasteiger partial charge on any atom is -0.465 e. The molecule has 0 bridgehead atoms. The molecule has 0 aromatic rings. The number of carbonyl (C=O) groups excluding carboxylic acids is 1. The van der Waals surface area contributed by atoms with Gasteiger partial charge in [0.25, 0.3) is 6.43 Å². The summed E-state index contributed by atoms with van der Waals surface area (Å²) in [5.74, 6) is -0.603. The smallest absolute Gasteiger partial charge is 0.404 e. The topological polar surface area (TPSA) is 78.4 Å². The van der Waals surface area contributed by atoms with Gasteiger partial charge in [-0.3, -0.25) is 4.79 Å². The molecule has 0 spiro atoms. The van der Waals surface area contributed by atoms with Crippen LogP contribution in [-0.4, -0.2) is 36.6 Å². The average molecular weight is 196 g/mol. The Labute approximate surface area is 73.1 Å². The van der Waals surface area contributed by atoms with Crippen LogP contribution in [0.5, 0.6) is 0 Å². The highest BCUT2D eigenvalue weighted by Crippen LogP contribution is 1.88. The van der Waals surface area contributed by atoms with E-state index >= 15 is 0 Å². The molecule has 0 unspecified atom stereocenters. The molecule has 0 rings (SSSR count). The summed E-state index contributed by atoms with van der Waals surface area (Å²) >= 11 is 0. The zero-order chi connectivity index (χ0) is 10.3. The largest absolute Gasteiger partial charge is 0.465 e. The second-order valence-corrected chi connectivity index (χ2v) is 2.18. The normalized spacial score (nSPS) is 9.77. The van der Waals surface area contributed by atoms with Gasteiger partial charge in [0, 0.05) is 13.0 Å². The Balaban J connectivity index is 3.35. The fourth-order valence-corrected chi connectivity index (χ4v) is 0.562. The van der Waals surface area contributed by atoms with Crippen LogP contribution in [0.4, 0.5) is 13.6 Å². The molecule has 5 nitrogen and oxygen atoms in total. The summed E-state index contributed by atoms with van der Waals surface area (Å²) in [5, 5.41) is 11.9. The molecule has 0 saturated heterocycles. The zero-order valence-electron chi connectivity index (χ0n) is 6.72. The van der Waals surface area contributed by atoms with E-state index in [4.69, 9.17) is 5.11 Å². The number of nitrogens with one attached hydrogen (secondary N) is 2. The monoisotopic (exact) mass is 196 g/mol. The minimum absolute atomic E-state index is 0.0790. The van der Waals surface area contributed by atoms with Crippen molar-refractivity contribution in [1.29, 1.82) is 0 Å². The zero-order valence-corrected chi connectivity index (χ0v) is 6.72. The summed E-state index contributed by atoms with van der Waals surface area (Å²) in [5.41, 5.74) is 0. The third kappa shape index (κ3) is 8.51. The summed E-state index contributed by atoms with van der Waals surface area (Å²) in [7, 11) is 0. The highest BCUT2D eigenvalue weighted by molar-refractivity contribution is 5.76. The number of carboxylic acid groups (broad SMARTS) is 1. The Morgan fingerprint density at radius 1 is 1.31 bits per heavy atom. The summed E-state index contributed by atoms with van der Waals surface area (Å²) in [6.07, 6.45) is -3.98. The van der Waals surface area contributed by atoms with E-state index in [0.717, 1.165) is 0 Å². The lowest BCUT2D eigenvalue weighted by Gasteiger charge is -2.03. The van der Waals surface area contributed by atoms with Crippen molar-refractivity contribution < 1.29 is 23.5 Å². The Kier molecular flexibility index (Phi) is 5.49. The van der Waals surface area contributed by atoms with Crippen LogP contribution in [0.15, 0.2) is 0 Å². The predicted octanol–water partition coefficient (Wildman–Crippen LogP) is 0.0254. The maximum atomic E-state index is 11.5. The lowest BCUT2D eigenvalue weighted by atomic mass is 10.4. The Bertz CT molecular complexity index is 187. The van der Waals surface area contributed by atoms with E-state index in [1.54, 1.807) is 0 Å². The van der Waals surface area contributed by atoms with Gasteiger partial charge in [-0.05, 0) is 0 Å². The molecule has 0 aromatic carbocycles. The van der Waals surface area contributed by atoms with Crippen molar-refractivity contribution in [3.8, 4) is 0 Å². The first-order valence-electron chi connectivity index (χ1n) is 3.54. The first-order valence-corrected chi connectivity index (χ1v) is 3.54. The Morgan fingerprint density at radius 2 is 1.92 bits per heavy atom. The van der Waals surface area contributed by atoms with Crippen molar-refractivity contribution >= 4 is 12.0 Å². The molecule has 0 saturated carbocycles. The molecule has 0 aliphatic carbocycles. The lowest BCUT2D eigenvalue weighted by Crippen LogP contribution is -2.32. The number of rotatable bonds is 5. The fourth-order valence-electron chi connectivity index (χ4n) is 0.562. The van der Waals surface area contributed by atoms with Crippen LogP contribution in [0, 0.1) is 0 Å². The van der Waals surface area contributed by atoms with Crippen molar-refractivity contribution in [2.24, 2.45) is 0 Å². The van der Waals surface area contributed by atoms with Crippen molar-refractivity contribution in [2.45, 2.75) is 12.8 Å². The van der Waals surface area contributed by atoms with Crippen LogP contribution in [0.2, 0.25) is 0 Å². The first-order chi connectivity index (χ1) is 6.02. The van der Waals surface area contributed by atoms with E-state index in [0.29, 0.717) is 0 Å². The van der Waals surface area contributed by atoms with E-state index in [1.807, 2.05) is 10.6 Å². The third-order valence-electron chi connectivity index (χ3n) is 1.08. The minimum atomic E-state index is -2.59. The third-order valence-corrected chi connectivity index (χ3v) is 1.08. The van der Waals surface area contributed by atoms with Gasteiger partial charge in [0.1, 0.15) is 0 Å². The number of hydrogen-bond acceptors (Lipinski definition) is 2. The fraction of sp³-hybridized carbons (Fsp3) is 0.667. The van der Waals surface area contributed by atoms with Crippen LogP contribution in [-0.2, 0) is 4.79 Å². The van der Waals surface area contributed by atoms with E-state index in [-0.39, 0.29) is 13.0 Å². The number of hydrogen-bond donors (Lipinski definition) is 3. The van der Waals surface area contributed by atoms with Crippen molar-refractivity contribution in [1.82, 2.24) is 10.6 Å². The second kappa shape index (κ2) is 6.15. The van der Waals surface area contributed by atoms with Crippen molar-refractivity contribution in [2.75, 3.05) is 13.1 Å². The van der Waals surface area contributed by atoms with Gasteiger partial charge in [0.2, 0.25) is 5.91 Å². The van der Waals surface area contributed by atoms with Gasteiger partial charge in [-0.25, -0.2) is 13.6 Å². The van der Waals surface area contributed by atoms with Gasteiger partial charge < -0.3 is 15.7 Å². The molecule has 3 N–H and O–H groups in total. The molecule has 0 aliphatic rings. The van der Waals surface area contributed by atoms with E-state index in [9.17, 15) is 18.4 Å². The molecule has 13 heavy (non-hydrogen) atoms. The maximum Gasteiger partial charge on any atom is 0.404 e. The lowest BCUT2D eigenvalue weighted by molar-refractivity contribution is -0.121. The van der Waals surface area contributed by atoms with Crippen LogP contribution in [0.1, 0.15) is 6.42 Å². The van der Waals surface area contributed by atoms with Gasteiger partial charge in [0.05, 0.1) is 6.54 Å². The standard InChI is InChI=1S/C6H10F2N2O3/c7-4(8)3-10-5(11)1-2-9-6(12)13/h4,9H,1-3H2,(H,10,11)(H,12,13). The second-order valence-electron chi connectivity index (χ2n) is 2.18. The molecule has 0 radical (unpaired) electrons. The molecule has 76 valence electrons. The molecule has 0 aliphatic heterocycles. The summed E-state index contributed by atoms with van der Waals surface area (Å²) in [6.45, 7) is -0.781. The Hall–Kier alpha value is -1.40. The van der Waals surface area contributed by atoms with Gasteiger partial charge in [0.15, 0.2) is 0 Å². The average Bonchev–Trinajstić information content (AvgIpc) is 2.00. The van der Waals surface area contributed by atoms with E-state index in [2.05, 4.69) is 0 Å². The molecule has 0 fully saturated rings. The van der Waals surface area contributed by atoms with Gasteiger partial charge in [-0.15, -0.1) is 0 Å². The number of halogens is 2. The number of alkyl halides is 2. The number of amides is 2. The van der Waals surface area contributed by atoms with Crippen LogP contribution in [0.25, 0.3) is 0 Å². The van der Waals surface area contributed by atoms with Crippen LogP contribution in [0.3, 0.4) is 0 Å². The molecule has 0 atom stereocenters. The van der Waals surface area contributed by atoms with Crippen molar-refractivity contribution in [3.63, 3.8) is 0 Å². The first kappa shape index (κ1) is 11.6. The molecular weight excluding hydrogens is 186 g/mol. The summed E-state index contributed by atoms with van der Waals surface area (Å²) < 4.78 is 23.0. The summed E-state index contributed by atoms with van der Waals surface area (Å²) in [4.78, 5) is 20.5. The highest BCUT2D eigenvalue weighted by Gasteiger charge is 2.06. The van der Waals surface area contributed by atoms with Crippen molar-refractivity contribution in [3.05, 3.63) is 0 Å². The van der Waals surface area contributed by atoms with Gasteiger partial charge >= 0.3 is 6.09 Å². The number of carbonyl (C=O) groups is 2. The van der Waals surface area contributed by atoms with E-state index in [1.165, 1.54) is 0 Å².